The molecule has 6 rings (SSSR count). The average molecular weight is 820 g/mol. The van der Waals surface area contributed by atoms with Crippen molar-refractivity contribution in [1.29, 1.82) is 0 Å². The summed E-state index contributed by atoms with van der Waals surface area (Å²) in [7, 11) is -2.50. The summed E-state index contributed by atoms with van der Waals surface area (Å²) in [5, 5.41) is 18.5. The molecule has 5 amide bonds. The lowest BCUT2D eigenvalue weighted by atomic mass is 9.85. The number of hydrogen-bond acceptors (Lipinski definition) is 10. The molecule has 3 heterocycles. The Labute approximate surface area is 342 Å². The van der Waals surface area contributed by atoms with Gasteiger partial charge in [0.25, 0.3) is 5.91 Å². The van der Waals surface area contributed by atoms with Gasteiger partial charge < -0.3 is 30.3 Å². The number of allylic oxidation sites excluding steroid dienone is 1. The van der Waals surface area contributed by atoms with E-state index < -0.39 is 73.7 Å². The van der Waals surface area contributed by atoms with Crippen molar-refractivity contribution in [3.63, 3.8) is 0 Å². The molecule has 15 nitrogen and oxygen atoms in total. The molecule has 7 atom stereocenters. The fourth-order valence-corrected chi connectivity index (χ4v) is 9.10. The van der Waals surface area contributed by atoms with Gasteiger partial charge in [0.1, 0.15) is 23.7 Å². The van der Waals surface area contributed by atoms with Crippen molar-refractivity contribution in [3.8, 4) is 11.8 Å². The van der Waals surface area contributed by atoms with E-state index in [1.165, 1.54) is 12.0 Å². The number of aromatic nitrogens is 2. The first kappa shape index (κ1) is 43.6. The Morgan fingerprint density at radius 3 is 2.33 bits per heavy atom. The summed E-state index contributed by atoms with van der Waals surface area (Å²) in [5.41, 5.74) is -2.11. The first-order valence-electron chi connectivity index (χ1n) is 20.3. The molecule has 0 unspecified atom stereocenters. The lowest BCUT2D eigenvalue weighted by Gasteiger charge is -2.34. The summed E-state index contributed by atoms with van der Waals surface area (Å²) in [6.45, 7) is 15.2. The van der Waals surface area contributed by atoms with Gasteiger partial charge in [-0.15, -0.1) is 10.2 Å². The third-order valence-electron chi connectivity index (χ3n) is 11.5. The van der Waals surface area contributed by atoms with Crippen LogP contribution in [-0.4, -0.2) is 94.9 Å². The van der Waals surface area contributed by atoms with Crippen LogP contribution in [0.25, 0.3) is 10.8 Å². The fourth-order valence-electron chi connectivity index (χ4n) is 7.78. The summed E-state index contributed by atoms with van der Waals surface area (Å²) in [6, 6.07) is 4.68. The zero-order chi connectivity index (χ0) is 41.9. The summed E-state index contributed by atoms with van der Waals surface area (Å²) in [5.74, 6) is -1.91. The number of nitrogens with one attached hydrogen (secondary N) is 4. The fraction of sp³-hybridized carbons (Fsp3) is 0.659. The summed E-state index contributed by atoms with van der Waals surface area (Å²) in [6.07, 6.45) is 6.92. The van der Waals surface area contributed by atoms with Crippen molar-refractivity contribution in [2.75, 3.05) is 13.7 Å². The molecular formula is C41H69N7O8S. The molecule has 57 heavy (non-hydrogen) atoms. The van der Waals surface area contributed by atoms with E-state index in [0.717, 1.165) is 6.42 Å². The molecular weight excluding hydrogens is 751 g/mol. The molecule has 4 aliphatic rings. The predicted molar refractivity (Wildman–Crippen MR) is 225 cm³/mol. The van der Waals surface area contributed by atoms with Gasteiger partial charge >= 0.3 is 6.03 Å². The Kier molecular flexibility index (Phi) is 13.2. The van der Waals surface area contributed by atoms with E-state index in [9.17, 15) is 27.6 Å². The predicted octanol–water partition coefficient (Wildman–Crippen LogP) is 5.74. The van der Waals surface area contributed by atoms with E-state index in [-0.39, 0.29) is 42.8 Å². The molecule has 16 heteroatoms. The van der Waals surface area contributed by atoms with Crippen molar-refractivity contribution in [1.82, 2.24) is 35.8 Å². The van der Waals surface area contributed by atoms with Crippen LogP contribution in [0.15, 0.2) is 36.4 Å². The maximum atomic E-state index is 14.9. The normalized spacial score (nSPS) is 29.1. The quantitative estimate of drug-likeness (QED) is 0.239. The number of rotatable bonds is 8. The molecule has 322 valence electrons. The molecule has 2 saturated carbocycles. The average Bonchev–Trinajstić information content (AvgIpc) is 4.04. The van der Waals surface area contributed by atoms with Gasteiger partial charge in [-0.2, -0.15) is 0 Å². The van der Waals surface area contributed by atoms with Crippen molar-refractivity contribution in [2.24, 2.45) is 17.8 Å². The van der Waals surface area contributed by atoms with E-state index >= 15 is 0 Å². The van der Waals surface area contributed by atoms with Crippen LogP contribution >= 0.6 is 0 Å². The number of urea groups is 1. The summed E-state index contributed by atoms with van der Waals surface area (Å²) < 4.78 is 39.5. The number of benzene rings is 1. The zero-order valence-corrected chi connectivity index (χ0v) is 35.6. The Hall–Kier alpha value is -4.47. The Morgan fingerprint density at radius 1 is 1.07 bits per heavy atom. The van der Waals surface area contributed by atoms with Gasteiger partial charge in [0, 0.05) is 23.6 Å². The number of amides is 5. The standard InChI is InChI=1S/C39H55N7O8S.C2H6.4H2/c1-8-24-19-23(2)13-9-10-14-25-21-39(25,35(49)45-55(51,52)38(6)17-18-38)41-31(47)29-20-26(22-46(29)34(48)30(24)40-36(50)42-37(3,4)5)54-33-28-16-12-11-15-27(28)32(53-7)43-44-33;1-2;;;;/h10-12,14-16,23-26,29-30H,8-9,13,17-22H2,1-7H3,(H,41,47)(H,45,49)(H2,40,42,50);1-2H3;4*1H/b14-10-;;;;;/t23-,24-,25-,26-,29+,30+,39-;;;;;/m1...../s1. The minimum Gasteiger partial charge on any atom is -0.479 e. The monoisotopic (exact) mass is 819 g/mol. The molecule has 4 N–H and O–H groups in total. The smallest absolute Gasteiger partial charge is 0.315 e. The van der Waals surface area contributed by atoms with E-state index in [4.69, 9.17) is 9.47 Å². The maximum absolute atomic E-state index is 14.9. The van der Waals surface area contributed by atoms with E-state index in [1.807, 2.05) is 78.0 Å². The number of hydrogen-bond donors (Lipinski definition) is 4. The van der Waals surface area contributed by atoms with Crippen LogP contribution in [0.3, 0.4) is 0 Å². The van der Waals surface area contributed by atoms with Crippen LogP contribution in [0.1, 0.15) is 112 Å². The van der Waals surface area contributed by atoms with Crippen LogP contribution in [0.2, 0.25) is 0 Å². The number of ether oxygens (including phenoxy) is 2. The highest BCUT2D eigenvalue weighted by molar-refractivity contribution is 7.91. The van der Waals surface area contributed by atoms with Crippen LogP contribution in [0.5, 0.6) is 11.8 Å². The van der Waals surface area contributed by atoms with Gasteiger partial charge in [0.05, 0.1) is 29.2 Å². The van der Waals surface area contributed by atoms with Gasteiger partial charge in [-0.25, -0.2) is 13.2 Å². The third kappa shape index (κ3) is 9.64. The second-order valence-electron chi connectivity index (χ2n) is 17.0. The van der Waals surface area contributed by atoms with Crippen molar-refractivity contribution < 1.29 is 42.8 Å². The SMILES string of the molecule is CC.CC[C@@H]1C[C@H](C)CC/C=C\[C@@H]2C[C@@]2(C(=O)NS(=O)(=O)C2(C)CC2)NC(=O)[C@@H]2C[C@@H](Oc3nnc(OC)c4ccccc34)CN2C(=O)[C@H]1NC(=O)NC(C)(C)C.[HH].[HH].[HH].[HH]. The van der Waals surface area contributed by atoms with Crippen molar-refractivity contribution >= 4 is 44.5 Å². The Balaban J connectivity index is 0.00000306. The topological polar surface area (TPSA) is 198 Å². The lowest BCUT2D eigenvalue weighted by Crippen LogP contribution is -2.60. The first-order valence-corrected chi connectivity index (χ1v) is 21.8. The maximum Gasteiger partial charge on any atom is 0.315 e. The van der Waals surface area contributed by atoms with Crippen LogP contribution in [0.4, 0.5) is 4.79 Å². The van der Waals surface area contributed by atoms with Crippen molar-refractivity contribution in [3.05, 3.63) is 36.4 Å². The highest BCUT2D eigenvalue weighted by Gasteiger charge is 2.63. The molecule has 2 aromatic rings. The number of carbonyl (C=O) groups is 4. The Morgan fingerprint density at radius 2 is 1.72 bits per heavy atom. The van der Waals surface area contributed by atoms with E-state index in [0.29, 0.717) is 48.8 Å². The van der Waals surface area contributed by atoms with Gasteiger partial charge in [-0.1, -0.05) is 58.4 Å². The molecule has 1 aromatic heterocycles. The van der Waals surface area contributed by atoms with Gasteiger partial charge in [-0.05, 0) is 90.2 Å². The number of nitrogens with zero attached hydrogens (tertiary/aromatic N) is 3. The summed E-state index contributed by atoms with van der Waals surface area (Å²) in [4.78, 5) is 58.2. The van der Waals surface area contributed by atoms with Gasteiger partial charge in [-0.3, -0.25) is 19.1 Å². The largest absolute Gasteiger partial charge is 0.479 e. The van der Waals surface area contributed by atoms with Crippen LogP contribution in [-0.2, 0) is 24.4 Å². The molecule has 2 aliphatic heterocycles. The molecule has 0 bridgehead atoms. The number of carbonyl (C=O) groups excluding carboxylic acids is 4. The van der Waals surface area contributed by atoms with Gasteiger partial charge in [0.2, 0.25) is 33.6 Å². The minimum absolute atomic E-state index is 0. The van der Waals surface area contributed by atoms with Crippen LogP contribution in [0, 0.1) is 17.8 Å². The minimum atomic E-state index is -4.00. The number of sulfonamides is 1. The number of fused-ring (bicyclic) bond motifs is 3. The molecule has 2 aliphatic carbocycles. The lowest BCUT2D eigenvalue weighted by molar-refractivity contribution is -0.142. The highest BCUT2D eigenvalue weighted by atomic mass is 32.2. The van der Waals surface area contributed by atoms with Crippen molar-refractivity contribution in [2.45, 2.75) is 141 Å². The summed E-state index contributed by atoms with van der Waals surface area (Å²) >= 11 is 0. The molecule has 0 radical (unpaired) electrons. The Bertz CT molecular complexity index is 1980. The number of methoxy groups -OCH3 is 1. The second-order valence-corrected chi connectivity index (χ2v) is 19.2. The van der Waals surface area contributed by atoms with Crippen LogP contribution < -0.4 is 30.1 Å². The molecule has 0 spiro atoms. The van der Waals surface area contributed by atoms with E-state index in [2.05, 4.69) is 37.8 Å². The molecule has 3 fully saturated rings. The van der Waals surface area contributed by atoms with E-state index in [1.54, 1.807) is 6.92 Å². The molecule has 1 aromatic carbocycles. The molecule has 1 saturated heterocycles. The van der Waals surface area contributed by atoms with Gasteiger partial charge in [0.15, 0.2) is 0 Å². The zero-order valence-electron chi connectivity index (χ0n) is 34.8. The third-order valence-corrected chi connectivity index (χ3v) is 13.6. The second kappa shape index (κ2) is 17.2. The first-order chi connectivity index (χ1) is 26.9. The highest BCUT2D eigenvalue weighted by Crippen LogP contribution is 2.47.